The third-order valence-corrected chi connectivity index (χ3v) is 5.46. The Bertz CT molecular complexity index is 335. The van der Waals surface area contributed by atoms with E-state index < -0.39 is 0 Å². The summed E-state index contributed by atoms with van der Waals surface area (Å²) in [5, 5.41) is 0. The van der Waals surface area contributed by atoms with Crippen molar-refractivity contribution < 1.29 is 0 Å². The van der Waals surface area contributed by atoms with Gasteiger partial charge in [0.05, 0.1) is 0 Å². The second kappa shape index (κ2) is 7.33. The van der Waals surface area contributed by atoms with Crippen molar-refractivity contribution in [2.24, 2.45) is 5.92 Å². The van der Waals surface area contributed by atoms with Gasteiger partial charge < -0.3 is 0 Å². The van der Waals surface area contributed by atoms with Crippen LogP contribution in [0.2, 0.25) is 0 Å². The van der Waals surface area contributed by atoms with Gasteiger partial charge in [-0.2, -0.15) is 0 Å². The molecule has 0 N–H and O–H groups in total. The maximum Gasteiger partial charge on any atom is 0.0423 e. The van der Waals surface area contributed by atoms with E-state index in [9.17, 15) is 0 Å². The SMILES string of the molecule is CCCCc1ccc(C(Br)C2CCCCC2)cc1. The summed E-state index contributed by atoms with van der Waals surface area (Å²) in [7, 11) is 0. The molecule has 0 bridgehead atoms. The predicted molar refractivity (Wildman–Crippen MR) is 83.3 cm³/mol. The lowest BCUT2D eigenvalue weighted by molar-refractivity contribution is 0.354. The molecular formula is C17H25Br. The lowest BCUT2D eigenvalue weighted by Crippen LogP contribution is -2.11. The van der Waals surface area contributed by atoms with Gasteiger partial charge in [0.25, 0.3) is 0 Å². The van der Waals surface area contributed by atoms with Crippen LogP contribution < -0.4 is 0 Å². The van der Waals surface area contributed by atoms with Crippen LogP contribution in [-0.4, -0.2) is 0 Å². The van der Waals surface area contributed by atoms with E-state index in [0.29, 0.717) is 4.83 Å². The molecule has 1 aliphatic rings. The first-order valence-corrected chi connectivity index (χ1v) is 8.45. The number of unbranched alkanes of at least 4 members (excludes halogenated alkanes) is 1. The Labute approximate surface area is 120 Å². The summed E-state index contributed by atoms with van der Waals surface area (Å²) in [5.41, 5.74) is 2.96. The van der Waals surface area contributed by atoms with Gasteiger partial charge in [0.15, 0.2) is 0 Å². The molecule has 0 heterocycles. The molecule has 0 nitrogen and oxygen atoms in total. The number of alkyl halides is 1. The topological polar surface area (TPSA) is 0 Å². The Morgan fingerprint density at radius 3 is 2.39 bits per heavy atom. The van der Waals surface area contributed by atoms with Crippen LogP contribution in [0.15, 0.2) is 24.3 Å². The second-order valence-corrected chi connectivity index (χ2v) is 6.63. The van der Waals surface area contributed by atoms with Gasteiger partial charge in [-0.1, -0.05) is 72.8 Å². The molecule has 0 aliphatic heterocycles. The Balaban J connectivity index is 1.95. The van der Waals surface area contributed by atoms with Crippen molar-refractivity contribution in [1.29, 1.82) is 0 Å². The highest BCUT2D eigenvalue weighted by molar-refractivity contribution is 9.09. The molecule has 1 unspecified atom stereocenters. The molecule has 1 aromatic carbocycles. The van der Waals surface area contributed by atoms with Crippen molar-refractivity contribution in [2.45, 2.75) is 63.1 Å². The number of aryl methyl sites for hydroxylation is 1. The highest BCUT2D eigenvalue weighted by atomic mass is 79.9. The van der Waals surface area contributed by atoms with Gasteiger partial charge in [-0.15, -0.1) is 0 Å². The van der Waals surface area contributed by atoms with E-state index in [-0.39, 0.29) is 0 Å². The van der Waals surface area contributed by atoms with Crippen molar-refractivity contribution in [3.63, 3.8) is 0 Å². The molecule has 0 radical (unpaired) electrons. The standard InChI is InChI=1S/C17H25Br/c1-2-3-7-14-10-12-16(13-11-14)17(18)15-8-5-4-6-9-15/h10-13,15,17H,2-9H2,1H3. The molecule has 2 rings (SSSR count). The Hall–Kier alpha value is -0.300. The van der Waals surface area contributed by atoms with Gasteiger partial charge in [0, 0.05) is 4.83 Å². The summed E-state index contributed by atoms with van der Waals surface area (Å²) in [6, 6.07) is 9.31. The Morgan fingerprint density at radius 1 is 1.11 bits per heavy atom. The molecule has 1 aliphatic carbocycles. The maximum absolute atomic E-state index is 3.92. The predicted octanol–water partition coefficient (Wildman–Crippen LogP) is 6.05. The fraction of sp³-hybridized carbons (Fsp3) is 0.647. The normalized spacial score (nSPS) is 18.8. The molecule has 1 aromatic rings. The minimum absolute atomic E-state index is 0.568. The van der Waals surface area contributed by atoms with E-state index in [0.717, 1.165) is 5.92 Å². The van der Waals surface area contributed by atoms with Crippen LogP contribution in [0.3, 0.4) is 0 Å². The highest BCUT2D eigenvalue weighted by Crippen LogP contribution is 2.39. The summed E-state index contributed by atoms with van der Waals surface area (Å²) >= 11 is 3.92. The largest absolute Gasteiger partial charge is 0.0836 e. The Kier molecular flexibility index (Phi) is 5.75. The fourth-order valence-corrected chi connectivity index (χ4v) is 3.78. The molecule has 100 valence electrons. The lowest BCUT2D eigenvalue weighted by Gasteiger charge is -2.26. The quantitative estimate of drug-likeness (QED) is 0.581. The summed E-state index contributed by atoms with van der Waals surface area (Å²) in [6.45, 7) is 2.26. The van der Waals surface area contributed by atoms with Crippen molar-refractivity contribution >= 4 is 15.9 Å². The molecule has 1 atom stereocenters. The van der Waals surface area contributed by atoms with Crippen LogP contribution >= 0.6 is 15.9 Å². The maximum atomic E-state index is 3.92. The van der Waals surface area contributed by atoms with Crippen LogP contribution in [0.4, 0.5) is 0 Å². The molecule has 0 saturated heterocycles. The number of rotatable bonds is 5. The van der Waals surface area contributed by atoms with Crippen molar-refractivity contribution in [3.05, 3.63) is 35.4 Å². The molecule has 0 amide bonds. The van der Waals surface area contributed by atoms with Gasteiger partial charge in [-0.3, -0.25) is 0 Å². The van der Waals surface area contributed by atoms with Crippen molar-refractivity contribution in [3.8, 4) is 0 Å². The van der Waals surface area contributed by atoms with Gasteiger partial charge in [-0.25, -0.2) is 0 Å². The van der Waals surface area contributed by atoms with E-state index in [1.807, 2.05) is 0 Å². The van der Waals surface area contributed by atoms with E-state index in [1.165, 1.54) is 62.5 Å². The van der Waals surface area contributed by atoms with Gasteiger partial charge in [0.1, 0.15) is 0 Å². The summed E-state index contributed by atoms with van der Waals surface area (Å²) in [4.78, 5) is 0.568. The average molecular weight is 309 g/mol. The molecular weight excluding hydrogens is 284 g/mol. The van der Waals surface area contributed by atoms with Gasteiger partial charge in [0.2, 0.25) is 0 Å². The minimum atomic E-state index is 0.568. The van der Waals surface area contributed by atoms with Crippen LogP contribution in [-0.2, 0) is 6.42 Å². The molecule has 18 heavy (non-hydrogen) atoms. The summed E-state index contributed by atoms with van der Waals surface area (Å²) in [5.74, 6) is 0.847. The van der Waals surface area contributed by atoms with E-state index in [4.69, 9.17) is 0 Å². The lowest BCUT2D eigenvalue weighted by atomic mass is 9.84. The summed E-state index contributed by atoms with van der Waals surface area (Å²) in [6.07, 6.45) is 10.9. The zero-order chi connectivity index (χ0) is 12.8. The third-order valence-electron chi connectivity index (χ3n) is 4.18. The molecule has 1 heteroatoms. The van der Waals surface area contributed by atoms with Crippen molar-refractivity contribution in [2.75, 3.05) is 0 Å². The number of halogens is 1. The highest BCUT2D eigenvalue weighted by Gasteiger charge is 2.22. The monoisotopic (exact) mass is 308 g/mol. The van der Waals surface area contributed by atoms with E-state index >= 15 is 0 Å². The molecule has 0 spiro atoms. The van der Waals surface area contributed by atoms with Gasteiger partial charge >= 0.3 is 0 Å². The smallest absolute Gasteiger partial charge is 0.0423 e. The molecule has 0 aromatic heterocycles. The van der Waals surface area contributed by atoms with Crippen molar-refractivity contribution in [1.82, 2.24) is 0 Å². The van der Waals surface area contributed by atoms with Crippen LogP contribution in [0.25, 0.3) is 0 Å². The average Bonchev–Trinajstić information content (AvgIpc) is 2.46. The first-order valence-electron chi connectivity index (χ1n) is 7.54. The van der Waals surface area contributed by atoms with Crippen LogP contribution in [0, 0.1) is 5.92 Å². The number of benzene rings is 1. The molecule has 1 saturated carbocycles. The zero-order valence-electron chi connectivity index (χ0n) is 11.5. The molecule has 1 fully saturated rings. The van der Waals surface area contributed by atoms with Gasteiger partial charge in [-0.05, 0) is 42.7 Å². The zero-order valence-corrected chi connectivity index (χ0v) is 13.1. The second-order valence-electron chi connectivity index (χ2n) is 5.64. The van der Waals surface area contributed by atoms with Crippen LogP contribution in [0.5, 0.6) is 0 Å². The van der Waals surface area contributed by atoms with Crippen LogP contribution in [0.1, 0.15) is 67.8 Å². The van der Waals surface area contributed by atoms with E-state index in [1.54, 1.807) is 0 Å². The van der Waals surface area contributed by atoms with E-state index in [2.05, 4.69) is 47.1 Å². The Morgan fingerprint density at radius 2 is 1.78 bits per heavy atom. The summed E-state index contributed by atoms with van der Waals surface area (Å²) < 4.78 is 0. The first kappa shape index (κ1) is 14.1. The first-order chi connectivity index (χ1) is 8.81. The number of hydrogen-bond acceptors (Lipinski definition) is 0. The third kappa shape index (κ3) is 3.85. The number of hydrogen-bond donors (Lipinski definition) is 0. The fourth-order valence-electron chi connectivity index (χ4n) is 2.95. The minimum Gasteiger partial charge on any atom is -0.0836 e.